The molecule has 1 amide bonds. The van der Waals surface area contributed by atoms with E-state index in [0.717, 1.165) is 11.1 Å². The van der Waals surface area contributed by atoms with Crippen LogP contribution >= 0.6 is 0 Å². The zero-order valence-electron chi connectivity index (χ0n) is 15.5. The third-order valence-corrected chi connectivity index (χ3v) is 3.69. The van der Waals surface area contributed by atoms with Crippen molar-refractivity contribution in [1.82, 2.24) is 5.32 Å². The van der Waals surface area contributed by atoms with Gasteiger partial charge in [-0.3, -0.25) is 4.79 Å². The lowest BCUT2D eigenvalue weighted by Crippen LogP contribution is -2.45. The maximum absolute atomic E-state index is 12.6. The van der Waals surface area contributed by atoms with E-state index < -0.39 is 17.6 Å². The molecular weight excluding hydrogens is 326 g/mol. The maximum Gasteiger partial charge on any atom is 0.329 e. The van der Waals surface area contributed by atoms with Gasteiger partial charge in [-0.05, 0) is 44.0 Å². The minimum atomic E-state index is -0.767. The Kier molecular flexibility index (Phi) is 6.34. The Bertz CT molecular complexity index is 758. The van der Waals surface area contributed by atoms with Crippen molar-refractivity contribution in [1.29, 1.82) is 0 Å². The number of nitrogens with one attached hydrogen (secondary N) is 1. The largest absolute Gasteiger partial charge is 0.458 e. The second-order valence-corrected chi connectivity index (χ2v) is 7.08. The summed E-state index contributed by atoms with van der Waals surface area (Å²) in [7, 11) is 0. The van der Waals surface area contributed by atoms with E-state index in [2.05, 4.69) is 11.9 Å². The number of carbonyl (C=O) groups excluding carboxylic acids is 2. The molecule has 0 aliphatic carbocycles. The topological polar surface area (TPSA) is 55.4 Å². The summed E-state index contributed by atoms with van der Waals surface area (Å²) in [5, 5.41) is 2.80. The van der Waals surface area contributed by atoms with Gasteiger partial charge in [0.2, 0.25) is 0 Å². The highest BCUT2D eigenvalue weighted by atomic mass is 16.6. The summed E-state index contributed by atoms with van der Waals surface area (Å²) in [4.78, 5) is 25.1. The SMILES string of the molecule is C=Cc1ccc(C[C@H](NC(=O)c2ccccc2)C(=O)OC(C)(C)C)cc1. The predicted molar refractivity (Wildman–Crippen MR) is 104 cm³/mol. The third kappa shape index (κ3) is 5.88. The van der Waals surface area contributed by atoms with Crippen molar-refractivity contribution in [3.05, 3.63) is 77.9 Å². The molecule has 4 nitrogen and oxygen atoms in total. The summed E-state index contributed by atoms with van der Waals surface area (Å²) in [6, 6.07) is 15.7. The minimum Gasteiger partial charge on any atom is -0.458 e. The maximum atomic E-state index is 12.6. The molecule has 0 radical (unpaired) electrons. The average molecular weight is 351 g/mol. The van der Waals surface area contributed by atoms with E-state index in [9.17, 15) is 9.59 Å². The molecule has 0 spiro atoms. The van der Waals surface area contributed by atoms with Crippen molar-refractivity contribution in [3.63, 3.8) is 0 Å². The summed E-state index contributed by atoms with van der Waals surface area (Å²) in [5.74, 6) is -0.751. The van der Waals surface area contributed by atoms with Crippen LogP contribution in [0.5, 0.6) is 0 Å². The Hall–Kier alpha value is -2.88. The first kappa shape index (κ1) is 19.4. The Morgan fingerprint density at radius 2 is 1.69 bits per heavy atom. The molecule has 0 aromatic heterocycles. The molecule has 2 aromatic rings. The number of ether oxygens (including phenoxy) is 1. The molecule has 0 heterocycles. The number of hydrogen-bond acceptors (Lipinski definition) is 3. The van der Waals surface area contributed by atoms with Crippen LogP contribution in [-0.2, 0) is 16.0 Å². The molecule has 2 aromatic carbocycles. The summed E-state index contributed by atoms with van der Waals surface area (Å²) >= 11 is 0. The molecule has 0 aliphatic heterocycles. The van der Waals surface area contributed by atoms with Gasteiger partial charge in [0.25, 0.3) is 5.91 Å². The number of hydrogen-bond donors (Lipinski definition) is 1. The fourth-order valence-electron chi connectivity index (χ4n) is 2.42. The van der Waals surface area contributed by atoms with Crippen LogP contribution in [0.25, 0.3) is 6.08 Å². The molecule has 0 saturated heterocycles. The Labute approximate surface area is 154 Å². The van der Waals surface area contributed by atoms with Crippen LogP contribution in [0.2, 0.25) is 0 Å². The van der Waals surface area contributed by atoms with Gasteiger partial charge in [-0.25, -0.2) is 4.79 Å². The molecule has 4 heteroatoms. The highest BCUT2D eigenvalue weighted by molar-refractivity contribution is 5.96. The summed E-state index contributed by atoms with van der Waals surface area (Å²) < 4.78 is 5.48. The number of carbonyl (C=O) groups is 2. The van der Waals surface area contributed by atoms with Gasteiger partial charge < -0.3 is 10.1 Å². The van der Waals surface area contributed by atoms with E-state index in [-0.39, 0.29) is 5.91 Å². The Morgan fingerprint density at radius 1 is 1.08 bits per heavy atom. The zero-order chi connectivity index (χ0) is 19.2. The predicted octanol–water partition coefficient (Wildman–Crippen LogP) is 4.01. The van der Waals surface area contributed by atoms with E-state index >= 15 is 0 Å². The highest BCUT2D eigenvalue weighted by Gasteiger charge is 2.27. The molecule has 0 aliphatic rings. The van der Waals surface area contributed by atoms with E-state index in [1.165, 1.54) is 0 Å². The molecule has 1 N–H and O–H groups in total. The molecular formula is C22H25NO3. The van der Waals surface area contributed by atoms with Crippen LogP contribution in [0.3, 0.4) is 0 Å². The van der Waals surface area contributed by atoms with Crippen LogP contribution in [0.4, 0.5) is 0 Å². The summed E-state index contributed by atoms with van der Waals surface area (Å²) in [6.07, 6.45) is 2.11. The molecule has 136 valence electrons. The summed E-state index contributed by atoms with van der Waals surface area (Å²) in [5.41, 5.74) is 1.80. The normalized spacial score (nSPS) is 12.1. The lowest BCUT2D eigenvalue weighted by atomic mass is 10.0. The van der Waals surface area contributed by atoms with Gasteiger partial charge in [-0.2, -0.15) is 0 Å². The van der Waals surface area contributed by atoms with Gasteiger partial charge in [0.05, 0.1) is 0 Å². The molecule has 2 rings (SSSR count). The van der Waals surface area contributed by atoms with Crippen molar-refractivity contribution in [2.45, 2.75) is 38.8 Å². The third-order valence-electron chi connectivity index (χ3n) is 3.69. The van der Waals surface area contributed by atoms with Crippen molar-refractivity contribution in [2.75, 3.05) is 0 Å². The van der Waals surface area contributed by atoms with Crippen LogP contribution in [0.1, 0.15) is 42.3 Å². The second kappa shape index (κ2) is 8.48. The van der Waals surface area contributed by atoms with Gasteiger partial charge in [0.1, 0.15) is 11.6 Å². The van der Waals surface area contributed by atoms with Gasteiger partial charge >= 0.3 is 5.97 Å². The molecule has 1 atom stereocenters. The highest BCUT2D eigenvalue weighted by Crippen LogP contribution is 2.13. The van der Waals surface area contributed by atoms with Gasteiger partial charge in [-0.15, -0.1) is 0 Å². The fourth-order valence-corrected chi connectivity index (χ4v) is 2.42. The van der Waals surface area contributed by atoms with Crippen LogP contribution in [-0.4, -0.2) is 23.5 Å². The quantitative estimate of drug-likeness (QED) is 0.800. The minimum absolute atomic E-state index is 0.302. The molecule has 0 bridgehead atoms. The number of benzene rings is 2. The molecule has 0 saturated carbocycles. The molecule has 26 heavy (non-hydrogen) atoms. The lowest BCUT2D eigenvalue weighted by molar-refractivity contribution is -0.157. The van der Waals surface area contributed by atoms with Gasteiger partial charge in [0, 0.05) is 12.0 Å². The second-order valence-electron chi connectivity index (χ2n) is 7.08. The smallest absolute Gasteiger partial charge is 0.329 e. The van der Waals surface area contributed by atoms with E-state index in [1.807, 2.05) is 30.3 Å². The van der Waals surface area contributed by atoms with E-state index in [4.69, 9.17) is 4.74 Å². The van der Waals surface area contributed by atoms with E-state index in [0.29, 0.717) is 12.0 Å². The van der Waals surface area contributed by atoms with Crippen molar-refractivity contribution in [3.8, 4) is 0 Å². The van der Waals surface area contributed by atoms with Crippen molar-refractivity contribution < 1.29 is 14.3 Å². The molecule has 0 fully saturated rings. The van der Waals surface area contributed by atoms with E-state index in [1.54, 1.807) is 51.1 Å². The van der Waals surface area contributed by atoms with Crippen LogP contribution in [0, 0.1) is 0 Å². The van der Waals surface area contributed by atoms with Gasteiger partial charge in [-0.1, -0.05) is 55.1 Å². The van der Waals surface area contributed by atoms with Crippen molar-refractivity contribution in [2.24, 2.45) is 0 Å². The lowest BCUT2D eigenvalue weighted by Gasteiger charge is -2.24. The summed E-state index contributed by atoms with van der Waals surface area (Å²) in [6.45, 7) is 9.15. The first-order valence-electron chi connectivity index (χ1n) is 8.58. The zero-order valence-corrected chi connectivity index (χ0v) is 15.5. The number of rotatable bonds is 6. The fraction of sp³-hybridized carbons (Fsp3) is 0.273. The first-order chi connectivity index (χ1) is 12.3. The standard InChI is InChI=1S/C22H25NO3/c1-5-16-11-13-17(14-12-16)15-19(21(25)26-22(2,3)4)23-20(24)18-9-7-6-8-10-18/h5-14,19H,1,15H2,2-4H3,(H,23,24)/t19-/m0/s1. The Morgan fingerprint density at radius 3 is 2.23 bits per heavy atom. The Balaban J connectivity index is 2.18. The number of amides is 1. The molecule has 0 unspecified atom stereocenters. The van der Waals surface area contributed by atoms with Gasteiger partial charge in [0.15, 0.2) is 0 Å². The van der Waals surface area contributed by atoms with Crippen LogP contribution < -0.4 is 5.32 Å². The monoisotopic (exact) mass is 351 g/mol. The first-order valence-corrected chi connectivity index (χ1v) is 8.58. The number of esters is 1. The van der Waals surface area contributed by atoms with Crippen LogP contribution in [0.15, 0.2) is 61.2 Å². The van der Waals surface area contributed by atoms with Crippen molar-refractivity contribution >= 4 is 18.0 Å². The average Bonchev–Trinajstić information content (AvgIpc) is 2.61.